The van der Waals surface area contributed by atoms with Crippen LogP contribution in [0, 0.1) is 18.3 Å². The number of halogens is 1. The van der Waals surface area contributed by atoms with Crippen molar-refractivity contribution in [1.29, 1.82) is 5.26 Å². The quantitative estimate of drug-likeness (QED) is 0.232. The fourth-order valence-corrected chi connectivity index (χ4v) is 5.37. The minimum atomic E-state index is -0.223. The maximum Gasteiger partial charge on any atom is 0.253 e. The molecule has 7 heteroatoms. The lowest BCUT2D eigenvalue weighted by atomic mass is 9.85. The fraction of sp³-hybridized carbons (Fsp3) is 0.273. The Bertz CT molecular complexity index is 1500. The van der Waals surface area contributed by atoms with E-state index in [4.69, 9.17) is 21.3 Å². The first kappa shape index (κ1) is 27.7. The van der Waals surface area contributed by atoms with E-state index in [2.05, 4.69) is 60.1 Å². The number of hydrogen-bond donors (Lipinski definition) is 3. The van der Waals surface area contributed by atoms with Crippen LogP contribution in [0.3, 0.4) is 0 Å². The number of nitrogens with zero attached hydrogens (tertiary/aromatic N) is 1. The largest absolute Gasteiger partial charge is 0.460 e. The number of aryl methyl sites for hydroxylation is 1. The zero-order valence-corrected chi connectivity index (χ0v) is 23.5. The first-order chi connectivity index (χ1) is 19.4. The molecule has 1 saturated heterocycles. The number of carbonyl (C=O) groups excluding carboxylic acids is 1. The molecule has 6 nitrogen and oxygen atoms in total. The van der Waals surface area contributed by atoms with Crippen LogP contribution in [0.5, 0.6) is 0 Å². The summed E-state index contributed by atoms with van der Waals surface area (Å²) >= 11 is 6.49. The second-order valence-corrected chi connectivity index (χ2v) is 10.8. The molecule has 0 aliphatic carbocycles. The number of rotatable bonds is 8. The SMILES string of the molecule is Cc1ccc([C@@H](C)NCc2ccc(-c3ccc(Cl)c(C(=O)NC4CNCCC4c4ccc(C#N)cc4)c3)o2)cc1. The molecule has 0 radical (unpaired) electrons. The van der Waals surface area contributed by atoms with Crippen molar-refractivity contribution < 1.29 is 9.21 Å². The van der Waals surface area contributed by atoms with E-state index in [-0.39, 0.29) is 23.9 Å². The molecule has 3 atom stereocenters. The summed E-state index contributed by atoms with van der Waals surface area (Å²) in [5.74, 6) is 1.41. The average molecular weight is 553 g/mol. The average Bonchev–Trinajstić information content (AvgIpc) is 3.46. The molecule has 40 heavy (non-hydrogen) atoms. The number of benzene rings is 3. The lowest BCUT2D eigenvalue weighted by Gasteiger charge is -2.33. The predicted octanol–water partition coefficient (Wildman–Crippen LogP) is 6.51. The summed E-state index contributed by atoms with van der Waals surface area (Å²) in [6, 6.07) is 27.6. The number of piperidine rings is 1. The minimum absolute atomic E-state index is 0.106. The van der Waals surface area contributed by atoms with Crippen molar-refractivity contribution in [2.75, 3.05) is 13.1 Å². The van der Waals surface area contributed by atoms with Gasteiger partial charge in [-0.2, -0.15) is 5.26 Å². The van der Waals surface area contributed by atoms with Crippen LogP contribution in [0.4, 0.5) is 0 Å². The van der Waals surface area contributed by atoms with Gasteiger partial charge < -0.3 is 20.4 Å². The maximum absolute atomic E-state index is 13.4. The minimum Gasteiger partial charge on any atom is -0.460 e. The molecule has 1 aromatic heterocycles. The van der Waals surface area contributed by atoms with E-state index in [9.17, 15) is 4.79 Å². The predicted molar refractivity (Wildman–Crippen MR) is 158 cm³/mol. The van der Waals surface area contributed by atoms with Crippen LogP contribution in [-0.4, -0.2) is 25.0 Å². The van der Waals surface area contributed by atoms with E-state index < -0.39 is 0 Å². The van der Waals surface area contributed by atoms with Gasteiger partial charge in [-0.25, -0.2) is 0 Å². The summed E-state index contributed by atoms with van der Waals surface area (Å²) in [4.78, 5) is 13.4. The Labute approximate surface area is 240 Å². The Morgan fingerprint density at radius 3 is 2.62 bits per heavy atom. The summed E-state index contributed by atoms with van der Waals surface area (Å²) in [6.07, 6.45) is 0.885. The summed E-state index contributed by atoms with van der Waals surface area (Å²) in [6.45, 7) is 6.32. The van der Waals surface area contributed by atoms with Gasteiger partial charge in [-0.3, -0.25) is 4.79 Å². The molecule has 4 aromatic rings. The van der Waals surface area contributed by atoms with Crippen LogP contribution in [0.25, 0.3) is 11.3 Å². The van der Waals surface area contributed by atoms with E-state index >= 15 is 0 Å². The molecule has 0 saturated carbocycles. The van der Waals surface area contributed by atoms with Gasteiger partial charge >= 0.3 is 0 Å². The highest BCUT2D eigenvalue weighted by Gasteiger charge is 2.28. The standard InChI is InChI=1S/C33H33ClN4O2/c1-21-3-7-24(8-4-21)22(2)37-19-27-12-14-32(40-27)26-11-13-30(34)29(17-26)33(39)38-31-20-36-16-15-28(31)25-9-5-23(18-35)6-10-25/h3-14,17,22,28,31,36-37H,15-16,19-20H2,1-2H3,(H,38,39)/t22-,28?,31?/m1/s1. The number of hydrogen-bond acceptors (Lipinski definition) is 5. The Morgan fingerprint density at radius 2 is 1.88 bits per heavy atom. The van der Waals surface area contributed by atoms with E-state index in [1.54, 1.807) is 12.1 Å². The molecule has 204 valence electrons. The van der Waals surface area contributed by atoms with Crippen LogP contribution in [0.2, 0.25) is 5.02 Å². The van der Waals surface area contributed by atoms with Gasteiger partial charge in [0.15, 0.2) is 0 Å². The third-order valence-electron chi connectivity index (χ3n) is 7.58. The van der Waals surface area contributed by atoms with Crippen molar-refractivity contribution in [3.05, 3.63) is 117 Å². The maximum atomic E-state index is 13.4. The highest BCUT2D eigenvalue weighted by atomic mass is 35.5. The lowest BCUT2D eigenvalue weighted by Crippen LogP contribution is -2.50. The van der Waals surface area contributed by atoms with Gasteiger partial charge in [-0.05, 0) is 80.4 Å². The van der Waals surface area contributed by atoms with Crippen molar-refractivity contribution in [1.82, 2.24) is 16.0 Å². The molecule has 1 fully saturated rings. The highest BCUT2D eigenvalue weighted by molar-refractivity contribution is 6.34. The van der Waals surface area contributed by atoms with Gasteiger partial charge in [-0.1, -0.05) is 53.6 Å². The van der Waals surface area contributed by atoms with Gasteiger partial charge in [0.1, 0.15) is 11.5 Å². The molecule has 2 unspecified atom stereocenters. The van der Waals surface area contributed by atoms with E-state index in [1.807, 2.05) is 42.5 Å². The molecule has 2 heterocycles. The topological polar surface area (TPSA) is 90.1 Å². The second-order valence-electron chi connectivity index (χ2n) is 10.4. The van der Waals surface area contributed by atoms with E-state index in [1.165, 1.54) is 11.1 Å². The number of nitriles is 1. The van der Waals surface area contributed by atoms with Crippen molar-refractivity contribution in [3.8, 4) is 17.4 Å². The summed E-state index contributed by atoms with van der Waals surface area (Å²) in [5.41, 5.74) is 5.40. The number of furan rings is 1. The third kappa shape index (κ3) is 6.46. The zero-order valence-electron chi connectivity index (χ0n) is 22.7. The zero-order chi connectivity index (χ0) is 28.1. The van der Waals surface area contributed by atoms with E-state index in [0.29, 0.717) is 35.0 Å². The van der Waals surface area contributed by atoms with E-state index in [0.717, 1.165) is 29.9 Å². The molecule has 5 rings (SSSR count). The fourth-order valence-electron chi connectivity index (χ4n) is 5.17. The van der Waals surface area contributed by atoms with Crippen LogP contribution < -0.4 is 16.0 Å². The second kappa shape index (κ2) is 12.5. The highest BCUT2D eigenvalue weighted by Crippen LogP contribution is 2.29. The van der Waals surface area contributed by atoms with Crippen LogP contribution >= 0.6 is 11.6 Å². The van der Waals surface area contributed by atoms with Crippen LogP contribution in [0.15, 0.2) is 83.3 Å². The first-order valence-electron chi connectivity index (χ1n) is 13.6. The van der Waals surface area contributed by atoms with Crippen molar-refractivity contribution in [2.45, 2.75) is 44.8 Å². The number of carbonyl (C=O) groups is 1. The molecule has 0 spiro atoms. The smallest absolute Gasteiger partial charge is 0.253 e. The van der Waals surface area contributed by atoms with Gasteiger partial charge in [0.25, 0.3) is 5.91 Å². The molecule has 3 N–H and O–H groups in total. The summed E-state index contributed by atoms with van der Waals surface area (Å²) in [7, 11) is 0. The summed E-state index contributed by atoms with van der Waals surface area (Å²) in [5, 5.41) is 19.6. The van der Waals surface area contributed by atoms with Gasteiger partial charge in [0.05, 0.1) is 28.8 Å². The number of nitrogens with one attached hydrogen (secondary N) is 3. The Balaban J connectivity index is 1.26. The van der Waals surface area contributed by atoms with Crippen molar-refractivity contribution in [3.63, 3.8) is 0 Å². The molecular weight excluding hydrogens is 520 g/mol. The van der Waals surface area contributed by atoms with Crippen LogP contribution in [0.1, 0.15) is 63.7 Å². The van der Waals surface area contributed by atoms with Gasteiger partial charge in [-0.15, -0.1) is 0 Å². The lowest BCUT2D eigenvalue weighted by molar-refractivity contribution is 0.0924. The molecule has 0 bridgehead atoms. The van der Waals surface area contributed by atoms with Crippen LogP contribution in [-0.2, 0) is 6.54 Å². The molecular formula is C33H33ClN4O2. The Kier molecular flexibility index (Phi) is 8.66. The Hall–Kier alpha value is -3.89. The number of amides is 1. The van der Waals surface area contributed by atoms with Crippen molar-refractivity contribution >= 4 is 17.5 Å². The van der Waals surface area contributed by atoms with Crippen molar-refractivity contribution in [2.24, 2.45) is 0 Å². The monoisotopic (exact) mass is 552 g/mol. The molecule has 3 aromatic carbocycles. The first-order valence-corrected chi connectivity index (χ1v) is 14.0. The molecule has 1 aliphatic rings. The molecule has 1 amide bonds. The normalized spacial score (nSPS) is 17.6. The molecule has 1 aliphatic heterocycles. The third-order valence-corrected chi connectivity index (χ3v) is 7.91. The van der Waals surface area contributed by atoms with Gasteiger partial charge in [0, 0.05) is 30.1 Å². The summed E-state index contributed by atoms with van der Waals surface area (Å²) < 4.78 is 6.12. The van der Waals surface area contributed by atoms with Gasteiger partial charge in [0.2, 0.25) is 0 Å². The Morgan fingerprint density at radius 1 is 1.10 bits per heavy atom.